The normalized spacial score (nSPS) is 17.1. The Kier molecular flexibility index (Phi) is 7.57. The Morgan fingerprint density at radius 3 is 2.56 bits per heavy atom. The van der Waals surface area contributed by atoms with Crippen LogP contribution in [0.2, 0.25) is 0 Å². The van der Waals surface area contributed by atoms with Crippen molar-refractivity contribution in [3.05, 3.63) is 30.1 Å². The topological polar surface area (TPSA) is 87.2 Å². The number of carboxylic acid groups (broad SMARTS) is 1. The first-order chi connectivity index (χ1) is 12.9. The molecule has 1 unspecified atom stereocenters. The maximum atomic E-state index is 12.9. The van der Waals surface area contributed by atoms with Gasteiger partial charge < -0.3 is 19.6 Å². The Labute approximate surface area is 157 Å². The zero-order valence-electron chi connectivity index (χ0n) is 15.4. The Balaban J connectivity index is 1.81. The number of benzene rings is 1. The van der Waals surface area contributed by atoms with Crippen molar-refractivity contribution >= 4 is 17.8 Å². The maximum Gasteiger partial charge on any atom is 0.323 e. The van der Waals surface area contributed by atoms with Crippen molar-refractivity contribution in [1.82, 2.24) is 9.80 Å². The van der Waals surface area contributed by atoms with Crippen molar-refractivity contribution in [2.75, 3.05) is 26.2 Å². The smallest absolute Gasteiger partial charge is 0.323 e. The second kappa shape index (κ2) is 9.89. The fourth-order valence-electron chi connectivity index (χ4n) is 3.23. The molecule has 8 heteroatoms. The first-order valence-corrected chi connectivity index (χ1v) is 9.02. The second-order valence-corrected chi connectivity index (χ2v) is 6.56. The van der Waals surface area contributed by atoms with Gasteiger partial charge in [-0.1, -0.05) is 0 Å². The number of likely N-dealkylation sites (tertiary alicyclic amines) is 1. The molecule has 1 N–H and O–H groups in total. The van der Waals surface area contributed by atoms with Crippen LogP contribution in [-0.4, -0.2) is 65.0 Å². The van der Waals surface area contributed by atoms with Crippen LogP contribution in [0.1, 0.15) is 32.6 Å². The van der Waals surface area contributed by atoms with Gasteiger partial charge >= 0.3 is 5.97 Å². The number of halogens is 1. The van der Waals surface area contributed by atoms with Gasteiger partial charge in [0, 0.05) is 26.1 Å². The number of carboxylic acids is 1. The third-order valence-electron chi connectivity index (χ3n) is 4.60. The molecule has 1 heterocycles. The summed E-state index contributed by atoms with van der Waals surface area (Å²) in [6, 6.07) is 5.44. The summed E-state index contributed by atoms with van der Waals surface area (Å²) in [6.45, 7) is 2.29. The number of nitrogens with zero attached hydrogens (tertiary/aromatic N) is 2. The highest BCUT2D eigenvalue weighted by Crippen LogP contribution is 2.18. The fraction of sp³-hybridized carbons (Fsp3) is 0.526. The van der Waals surface area contributed by atoms with Crippen LogP contribution in [-0.2, 0) is 14.4 Å². The predicted molar refractivity (Wildman–Crippen MR) is 95.8 cm³/mol. The molecule has 1 aromatic carbocycles. The van der Waals surface area contributed by atoms with E-state index in [2.05, 4.69) is 0 Å². The molecule has 1 aliphatic heterocycles. The van der Waals surface area contributed by atoms with E-state index < -0.39 is 5.97 Å². The average molecular weight is 380 g/mol. The van der Waals surface area contributed by atoms with Crippen molar-refractivity contribution in [1.29, 1.82) is 0 Å². The third-order valence-corrected chi connectivity index (χ3v) is 4.60. The minimum absolute atomic E-state index is 0.0506. The summed E-state index contributed by atoms with van der Waals surface area (Å²) in [7, 11) is 0. The van der Waals surface area contributed by atoms with Gasteiger partial charge in [0.1, 0.15) is 18.1 Å². The van der Waals surface area contributed by atoms with Crippen molar-refractivity contribution in [2.45, 2.75) is 38.6 Å². The molecular formula is C19H25FN2O5. The molecule has 1 aliphatic rings. The number of amides is 2. The molecule has 1 atom stereocenters. The van der Waals surface area contributed by atoms with Crippen LogP contribution in [0.3, 0.4) is 0 Å². The van der Waals surface area contributed by atoms with Crippen molar-refractivity contribution in [3.8, 4) is 5.75 Å². The van der Waals surface area contributed by atoms with Gasteiger partial charge in [0.15, 0.2) is 0 Å². The fourth-order valence-corrected chi connectivity index (χ4v) is 3.23. The van der Waals surface area contributed by atoms with Crippen LogP contribution < -0.4 is 4.74 Å². The molecule has 148 valence electrons. The lowest BCUT2D eigenvalue weighted by molar-refractivity contribution is -0.145. The van der Waals surface area contributed by atoms with Crippen LogP contribution in [0.15, 0.2) is 24.3 Å². The molecule has 0 spiro atoms. The number of rotatable bonds is 7. The first kappa shape index (κ1) is 20.7. The molecule has 1 saturated heterocycles. The molecule has 1 aromatic rings. The van der Waals surface area contributed by atoms with E-state index in [4.69, 9.17) is 9.84 Å². The van der Waals surface area contributed by atoms with Gasteiger partial charge in [0.25, 0.3) is 0 Å². The van der Waals surface area contributed by atoms with E-state index in [0.717, 1.165) is 0 Å². The monoisotopic (exact) mass is 380 g/mol. The second-order valence-electron chi connectivity index (χ2n) is 6.56. The number of hydrogen-bond donors (Lipinski definition) is 1. The van der Waals surface area contributed by atoms with Crippen LogP contribution >= 0.6 is 0 Å². The van der Waals surface area contributed by atoms with Crippen LogP contribution in [0.25, 0.3) is 0 Å². The number of ether oxygens (including phenoxy) is 1. The van der Waals surface area contributed by atoms with Crippen molar-refractivity contribution in [3.63, 3.8) is 0 Å². The summed E-state index contributed by atoms with van der Waals surface area (Å²) in [5.74, 6) is -1.20. The Morgan fingerprint density at radius 1 is 1.22 bits per heavy atom. The van der Waals surface area contributed by atoms with E-state index in [1.807, 2.05) is 0 Å². The van der Waals surface area contributed by atoms with E-state index >= 15 is 0 Å². The zero-order chi connectivity index (χ0) is 19.8. The lowest BCUT2D eigenvalue weighted by atomic mass is 10.1. The highest BCUT2D eigenvalue weighted by atomic mass is 19.1. The van der Waals surface area contributed by atoms with Gasteiger partial charge in [0.05, 0.1) is 13.0 Å². The van der Waals surface area contributed by atoms with Crippen molar-refractivity contribution in [2.24, 2.45) is 0 Å². The lowest BCUT2D eigenvalue weighted by Crippen LogP contribution is -2.43. The molecule has 0 bridgehead atoms. The third kappa shape index (κ3) is 6.54. The summed E-state index contributed by atoms with van der Waals surface area (Å²) in [4.78, 5) is 38.2. The van der Waals surface area contributed by atoms with Crippen LogP contribution in [0.5, 0.6) is 5.75 Å². The van der Waals surface area contributed by atoms with Gasteiger partial charge in [-0.3, -0.25) is 14.4 Å². The standard InChI is InChI=1S/C19H25FN2O5/c1-14(23)22(13-19(25)26)16-3-2-10-21(11-8-16)18(24)9-12-27-17-6-4-15(20)5-7-17/h4-7,16H,2-3,8-13H2,1H3,(H,25,26). The Morgan fingerprint density at radius 2 is 1.93 bits per heavy atom. The molecule has 7 nitrogen and oxygen atoms in total. The summed E-state index contributed by atoms with van der Waals surface area (Å²) in [5.41, 5.74) is 0. The van der Waals surface area contributed by atoms with Crippen LogP contribution in [0.4, 0.5) is 4.39 Å². The van der Waals surface area contributed by atoms with E-state index in [0.29, 0.717) is 38.1 Å². The highest BCUT2D eigenvalue weighted by Gasteiger charge is 2.27. The van der Waals surface area contributed by atoms with E-state index in [1.54, 1.807) is 4.90 Å². The van der Waals surface area contributed by atoms with E-state index in [1.165, 1.54) is 36.1 Å². The molecule has 2 amide bonds. The van der Waals surface area contributed by atoms with E-state index in [-0.39, 0.29) is 43.2 Å². The highest BCUT2D eigenvalue weighted by molar-refractivity contribution is 5.80. The van der Waals surface area contributed by atoms with Crippen LogP contribution in [0, 0.1) is 5.82 Å². The summed E-state index contributed by atoms with van der Waals surface area (Å²) < 4.78 is 18.3. The zero-order valence-corrected chi connectivity index (χ0v) is 15.4. The number of hydrogen-bond acceptors (Lipinski definition) is 4. The average Bonchev–Trinajstić information content (AvgIpc) is 2.87. The Hall–Kier alpha value is -2.64. The van der Waals surface area contributed by atoms with Gasteiger partial charge in [-0.2, -0.15) is 0 Å². The summed E-state index contributed by atoms with van der Waals surface area (Å²) in [5, 5.41) is 8.99. The largest absolute Gasteiger partial charge is 0.493 e. The quantitative estimate of drug-likeness (QED) is 0.781. The first-order valence-electron chi connectivity index (χ1n) is 9.02. The maximum absolute atomic E-state index is 12.9. The predicted octanol–water partition coefficient (Wildman–Crippen LogP) is 1.91. The molecule has 0 aromatic heterocycles. The molecule has 27 heavy (non-hydrogen) atoms. The Bertz CT molecular complexity index is 665. The summed E-state index contributed by atoms with van der Waals surface area (Å²) >= 11 is 0. The molecule has 0 saturated carbocycles. The minimum Gasteiger partial charge on any atom is -0.493 e. The van der Waals surface area contributed by atoms with Gasteiger partial charge in [-0.25, -0.2) is 4.39 Å². The number of carbonyl (C=O) groups excluding carboxylic acids is 2. The van der Waals surface area contributed by atoms with Crippen molar-refractivity contribution < 1.29 is 28.6 Å². The SMILES string of the molecule is CC(=O)N(CC(=O)O)C1CCCN(C(=O)CCOc2ccc(F)cc2)CC1. The van der Waals surface area contributed by atoms with Gasteiger partial charge in [-0.05, 0) is 43.5 Å². The molecule has 2 rings (SSSR count). The van der Waals surface area contributed by atoms with Gasteiger partial charge in [0.2, 0.25) is 11.8 Å². The van der Waals surface area contributed by atoms with Gasteiger partial charge in [-0.15, -0.1) is 0 Å². The number of carbonyl (C=O) groups is 3. The summed E-state index contributed by atoms with van der Waals surface area (Å²) in [6.07, 6.45) is 2.13. The molecule has 1 fully saturated rings. The lowest BCUT2D eigenvalue weighted by Gasteiger charge is -2.28. The van der Waals surface area contributed by atoms with E-state index in [9.17, 15) is 18.8 Å². The number of aliphatic carboxylic acids is 1. The molecule has 0 aliphatic carbocycles. The minimum atomic E-state index is -1.04. The molecular weight excluding hydrogens is 355 g/mol. The molecule has 0 radical (unpaired) electrons.